The Morgan fingerprint density at radius 1 is 1.50 bits per heavy atom. The molecule has 0 aliphatic rings. The molecular formula is C11H20N2S. The maximum atomic E-state index is 5.76. The molecule has 1 rings (SSSR count). The van der Waals surface area contributed by atoms with Gasteiger partial charge in [0, 0.05) is 11.4 Å². The number of hydrogen-bond donors (Lipinski definition) is 2. The molecule has 2 nitrogen and oxygen atoms in total. The summed E-state index contributed by atoms with van der Waals surface area (Å²) in [7, 11) is 0. The summed E-state index contributed by atoms with van der Waals surface area (Å²) < 4.78 is 0. The lowest BCUT2D eigenvalue weighted by atomic mass is 10.1. The molecule has 0 saturated carbocycles. The van der Waals surface area contributed by atoms with Crippen LogP contribution in [0.4, 0.5) is 0 Å². The monoisotopic (exact) mass is 212 g/mol. The third-order valence-corrected chi connectivity index (χ3v) is 3.36. The van der Waals surface area contributed by atoms with Gasteiger partial charge in [0.05, 0.1) is 6.04 Å². The molecular weight excluding hydrogens is 192 g/mol. The van der Waals surface area contributed by atoms with Gasteiger partial charge in [-0.2, -0.15) is 0 Å². The van der Waals surface area contributed by atoms with Crippen molar-refractivity contribution in [2.75, 3.05) is 13.1 Å². The van der Waals surface area contributed by atoms with Crippen LogP contribution in [-0.2, 0) is 0 Å². The van der Waals surface area contributed by atoms with Crippen LogP contribution >= 0.6 is 11.3 Å². The van der Waals surface area contributed by atoms with Crippen molar-refractivity contribution in [3.8, 4) is 0 Å². The van der Waals surface area contributed by atoms with Crippen LogP contribution < -0.4 is 11.1 Å². The molecule has 0 aliphatic carbocycles. The number of nitrogens with one attached hydrogen (secondary N) is 1. The Morgan fingerprint density at radius 3 is 2.64 bits per heavy atom. The third kappa shape index (κ3) is 3.08. The first-order chi connectivity index (χ1) is 6.65. The maximum absolute atomic E-state index is 5.76. The standard InChI is InChI=1S/C11H20N2S/c1-8(2)7-13-10(6-12)11-9(3)4-5-14-11/h4-5,8,10,13H,6-7,12H2,1-3H3. The van der Waals surface area contributed by atoms with Crippen molar-refractivity contribution in [2.24, 2.45) is 11.7 Å². The molecule has 1 heterocycles. The highest BCUT2D eigenvalue weighted by atomic mass is 32.1. The van der Waals surface area contributed by atoms with Crippen LogP contribution in [0.15, 0.2) is 11.4 Å². The smallest absolute Gasteiger partial charge is 0.0542 e. The van der Waals surface area contributed by atoms with Crippen LogP contribution in [0.25, 0.3) is 0 Å². The fraction of sp³-hybridized carbons (Fsp3) is 0.636. The molecule has 0 spiro atoms. The molecule has 0 bridgehead atoms. The van der Waals surface area contributed by atoms with E-state index in [9.17, 15) is 0 Å². The second-order valence-electron chi connectivity index (χ2n) is 4.06. The zero-order valence-corrected chi connectivity index (χ0v) is 10.0. The Balaban J connectivity index is 2.58. The van der Waals surface area contributed by atoms with Gasteiger partial charge in [-0.15, -0.1) is 11.3 Å². The van der Waals surface area contributed by atoms with Gasteiger partial charge in [-0.1, -0.05) is 13.8 Å². The van der Waals surface area contributed by atoms with Crippen molar-refractivity contribution in [1.82, 2.24) is 5.32 Å². The molecule has 0 radical (unpaired) electrons. The molecule has 1 unspecified atom stereocenters. The molecule has 1 aromatic heterocycles. The average molecular weight is 212 g/mol. The van der Waals surface area contributed by atoms with E-state index >= 15 is 0 Å². The van der Waals surface area contributed by atoms with Gasteiger partial charge in [-0.25, -0.2) is 0 Å². The van der Waals surface area contributed by atoms with E-state index in [0.717, 1.165) is 6.54 Å². The topological polar surface area (TPSA) is 38.0 Å². The maximum Gasteiger partial charge on any atom is 0.0542 e. The summed E-state index contributed by atoms with van der Waals surface area (Å²) in [6.45, 7) is 8.27. The summed E-state index contributed by atoms with van der Waals surface area (Å²) in [6, 6.07) is 2.48. The Morgan fingerprint density at radius 2 is 2.21 bits per heavy atom. The van der Waals surface area contributed by atoms with Crippen LogP contribution in [0.3, 0.4) is 0 Å². The van der Waals surface area contributed by atoms with Crippen molar-refractivity contribution >= 4 is 11.3 Å². The summed E-state index contributed by atoms with van der Waals surface area (Å²) in [5, 5.41) is 5.63. The molecule has 3 heteroatoms. The van der Waals surface area contributed by atoms with Crippen LogP contribution in [0.1, 0.15) is 30.3 Å². The Bertz CT molecular complexity index is 268. The van der Waals surface area contributed by atoms with Crippen LogP contribution in [-0.4, -0.2) is 13.1 Å². The van der Waals surface area contributed by atoms with E-state index in [4.69, 9.17) is 5.73 Å². The van der Waals surface area contributed by atoms with E-state index in [1.54, 1.807) is 11.3 Å². The number of thiophene rings is 1. The molecule has 1 aromatic rings. The molecule has 0 aromatic carbocycles. The van der Waals surface area contributed by atoms with Crippen LogP contribution in [0.2, 0.25) is 0 Å². The third-order valence-electron chi connectivity index (χ3n) is 2.23. The summed E-state index contributed by atoms with van der Waals surface area (Å²) in [5.41, 5.74) is 7.11. The van der Waals surface area contributed by atoms with E-state index in [2.05, 4.69) is 37.5 Å². The van der Waals surface area contributed by atoms with Gasteiger partial charge in [0.25, 0.3) is 0 Å². The van der Waals surface area contributed by atoms with E-state index in [0.29, 0.717) is 18.5 Å². The van der Waals surface area contributed by atoms with E-state index in [1.165, 1.54) is 10.4 Å². The van der Waals surface area contributed by atoms with Gasteiger partial charge in [0.15, 0.2) is 0 Å². The van der Waals surface area contributed by atoms with Gasteiger partial charge in [0.1, 0.15) is 0 Å². The number of rotatable bonds is 5. The first-order valence-corrected chi connectivity index (χ1v) is 6.00. The second-order valence-corrected chi connectivity index (χ2v) is 5.01. The van der Waals surface area contributed by atoms with Gasteiger partial charge < -0.3 is 11.1 Å². The first-order valence-electron chi connectivity index (χ1n) is 5.12. The Labute approximate surface area is 90.5 Å². The molecule has 3 N–H and O–H groups in total. The minimum Gasteiger partial charge on any atom is -0.329 e. The molecule has 14 heavy (non-hydrogen) atoms. The van der Waals surface area contributed by atoms with Crippen molar-refractivity contribution in [3.05, 3.63) is 21.9 Å². The highest BCUT2D eigenvalue weighted by molar-refractivity contribution is 7.10. The van der Waals surface area contributed by atoms with Crippen molar-refractivity contribution < 1.29 is 0 Å². The highest BCUT2D eigenvalue weighted by Gasteiger charge is 2.12. The molecule has 0 saturated heterocycles. The average Bonchev–Trinajstić information content (AvgIpc) is 2.53. The van der Waals surface area contributed by atoms with Gasteiger partial charge in [-0.05, 0) is 36.4 Å². The Hall–Kier alpha value is -0.380. The van der Waals surface area contributed by atoms with E-state index < -0.39 is 0 Å². The SMILES string of the molecule is Cc1ccsc1C(CN)NCC(C)C. The lowest BCUT2D eigenvalue weighted by Crippen LogP contribution is -2.30. The van der Waals surface area contributed by atoms with Crippen molar-refractivity contribution in [3.63, 3.8) is 0 Å². The van der Waals surface area contributed by atoms with Gasteiger partial charge in [0.2, 0.25) is 0 Å². The zero-order valence-electron chi connectivity index (χ0n) is 9.21. The van der Waals surface area contributed by atoms with Crippen molar-refractivity contribution in [1.29, 1.82) is 0 Å². The lowest BCUT2D eigenvalue weighted by Gasteiger charge is -2.17. The minimum absolute atomic E-state index is 0.331. The van der Waals surface area contributed by atoms with Crippen molar-refractivity contribution in [2.45, 2.75) is 26.8 Å². The normalized spacial score (nSPS) is 13.5. The second kappa shape index (κ2) is 5.49. The number of aryl methyl sites for hydroxylation is 1. The minimum atomic E-state index is 0.331. The quantitative estimate of drug-likeness (QED) is 0.786. The Kier molecular flexibility index (Phi) is 4.58. The molecule has 1 atom stereocenters. The van der Waals surface area contributed by atoms with E-state index in [1.807, 2.05) is 0 Å². The number of nitrogens with two attached hydrogens (primary N) is 1. The summed E-state index contributed by atoms with van der Waals surface area (Å²) in [4.78, 5) is 1.38. The molecule has 0 amide bonds. The number of hydrogen-bond acceptors (Lipinski definition) is 3. The lowest BCUT2D eigenvalue weighted by molar-refractivity contribution is 0.482. The summed E-state index contributed by atoms with van der Waals surface area (Å²) in [6.07, 6.45) is 0. The van der Waals surface area contributed by atoms with Crippen LogP contribution in [0.5, 0.6) is 0 Å². The highest BCUT2D eigenvalue weighted by Crippen LogP contribution is 2.23. The zero-order chi connectivity index (χ0) is 10.6. The fourth-order valence-corrected chi connectivity index (χ4v) is 2.42. The first kappa shape index (κ1) is 11.7. The van der Waals surface area contributed by atoms with Crippen LogP contribution in [0, 0.1) is 12.8 Å². The predicted molar refractivity (Wildman–Crippen MR) is 63.7 cm³/mol. The van der Waals surface area contributed by atoms with Gasteiger partial charge >= 0.3 is 0 Å². The van der Waals surface area contributed by atoms with Gasteiger partial charge in [-0.3, -0.25) is 0 Å². The molecule has 0 fully saturated rings. The van der Waals surface area contributed by atoms with E-state index in [-0.39, 0.29) is 0 Å². The largest absolute Gasteiger partial charge is 0.329 e. The molecule has 0 aliphatic heterocycles. The summed E-state index contributed by atoms with van der Waals surface area (Å²) in [5.74, 6) is 0.671. The predicted octanol–water partition coefficient (Wildman–Crippen LogP) is 2.30. The fourth-order valence-electron chi connectivity index (χ4n) is 1.40. The molecule has 80 valence electrons. The summed E-state index contributed by atoms with van der Waals surface area (Å²) >= 11 is 1.79.